The minimum absolute atomic E-state index is 0.256. The second-order valence-corrected chi connectivity index (χ2v) is 6.38. The highest BCUT2D eigenvalue weighted by atomic mass is 32.1. The first kappa shape index (κ1) is 14.3. The van der Waals surface area contributed by atoms with E-state index < -0.39 is 0 Å². The van der Waals surface area contributed by atoms with E-state index in [-0.39, 0.29) is 6.79 Å². The quantitative estimate of drug-likeness (QED) is 0.561. The molecule has 0 bridgehead atoms. The van der Waals surface area contributed by atoms with Gasteiger partial charge in [0.25, 0.3) is 0 Å². The van der Waals surface area contributed by atoms with Crippen LogP contribution in [0.3, 0.4) is 0 Å². The van der Waals surface area contributed by atoms with Gasteiger partial charge in [-0.3, -0.25) is 0 Å². The van der Waals surface area contributed by atoms with Crippen molar-refractivity contribution in [2.24, 2.45) is 0 Å². The molecule has 0 N–H and O–H groups in total. The van der Waals surface area contributed by atoms with E-state index in [4.69, 9.17) is 14.2 Å². The maximum absolute atomic E-state index is 5.44. The Hall–Kier alpha value is -3.06. The van der Waals surface area contributed by atoms with Gasteiger partial charge in [-0.05, 0) is 42.5 Å². The molecular formula is C18H13N3O3S. The van der Waals surface area contributed by atoms with Gasteiger partial charge in [0, 0.05) is 16.5 Å². The first-order valence-corrected chi connectivity index (χ1v) is 8.58. The lowest BCUT2D eigenvalue weighted by Gasteiger charge is -2.02. The van der Waals surface area contributed by atoms with Crippen LogP contribution in [0.25, 0.3) is 27.6 Å². The summed E-state index contributed by atoms with van der Waals surface area (Å²) in [5.74, 6) is 2.98. The van der Waals surface area contributed by atoms with Crippen LogP contribution in [0, 0.1) is 0 Å². The Labute approximate surface area is 147 Å². The molecule has 7 heteroatoms. The maximum atomic E-state index is 5.44. The Bertz CT molecular complexity index is 1070. The van der Waals surface area contributed by atoms with E-state index in [0.29, 0.717) is 5.82 Å². The molecule has 2 aromatic carbocycles. The third kappa shape index (κ3) is 2.32. The Morgan fingerprint density at radius 3 is 2.68 bits per heavy atom. The number of hydrogen-bond acceptors (Lipinski definition) is 6. The summed E-state index contributed by atoms with van der Waals surface area (Å²) >= 11 is 1.56. The van der Waals surface area contributed by atoms with E-state index in [0.717, 1.165) is 39.0 Å². The summed E-state index contributed by atoms with van der Waals surface area (Å²) in [4.78, 5) is 5.48. The maximum Gasteiger partial charge on any atom is 0.231 e. The van der Waals surface area contributed by atoms with Crippen molar-refractivity contribution >= 4 is 16.3 Å². The topological polar surface area (TPSA) is 57.9 Å². The Morgan fingerprint density at radius 1 is 1.04 bits per heavy atom. The molecule has 0 spiro atoms. The fraction of sp³-hybridized carbons (Fsp3) is 0.111. The molecule has 0 saturated heterocycles. The third-order valence-corrected chi connectivity index (χ3v) is 4.91. The van der Waals surface area contributed by atoms with Crippen LogP contribution in [0.1, 0.15) is 0 Å². The average Bonchev–Trinajstić information content (AvgIpc) is 3.36. The second-order valence-electron chi connectivity index (χ2n) is 5.55. The van der Waals surface area contributed by atoms with Crippen molar-refractivity contribution in [3.8, 4) is 39.9 Å². The molecule has 0 fully saturated rings. The van der Waals surface area contributed by atoms with E-state index >= 15 is 0 Å². The zero-order valence-electron chi connectivity index (χ0n) is 13.3. The Balaban J connectivity index is 1.57. The van der Waals surface area contributed by atoms with Gasteiger partial charge in [-0.25, -0.2) is 4.52 Å². The first-order chi connectivity index (χ1) is 12.3. The molecule has 5 rings (SSSR count). The van der Waals surface area contributed by atoms with E-state index in [1.165, 1.54) is 0 Å². The van der Waals surface area contributed by atoms with E-state index in [9.17, 15) is 0 Å². The molecule has 124 valence electrons. The van der Waals surface area contributed by atoms with E-state index in [1.54, 1.807) is 18.4 Å². The largest absolute Gasteiger partial charge is 0.497 e. The molecule has 1 aliphatic heterocycles. The number of rotatable bonds is 3. The van der Waals surface area contributed by atoms with E-state index in [1.807, 2.05) is 47.0 Å². The van der Waals surface area contributed by atoms with Crippen LogP contribution >= 0.6 is 11.3 Å². The van der Waals surface area contributed by atoms with Gasteiger partial charge in [0.15, 0.2) is 17.3 Å². The highest BCUT2D eigenvalue weighted by Crippen LogP contribution is 2.36. The molecular weight excluding hydrogens is 338 g/mol. The van der Waals surface area contributed by atoms with E-state index in [2.05, 4.69) is 15.5 Å². The zero-order chi connectivity index (χ0) is 16.8. The van der Waals surface area contributed by atoms with Crippen LogP contribution in [-0.4, -0.2) is 28.5 Å². The minimum Gasteiger partial charge on any atom is -0.497 e. The molecule has 2 aromatic heterocycles. The third-order valence-electron chi connectivity index (χ3n) is 4.10. The van der Waals surface area contributed by atoms with Gasteiger partial charge < -0.3 is 14.2 Å². The minimum atomic E-state index is 0.256. The van der Waals surface area contributed by atoms with Crippen LogP contribution < -0.4 is 14.2 Å². The molecule has 4 aromatic rings. The smallest absolute Gasteiger partial charge is 0.231 e. The lowest BCUT2D eigenvalue weighted by molar-refractivity contribution is 0.174. The lowest BCUT2D eigenvalue weighted by Crippen LogP contribution is -1.92. The lowest BCUT2D eigenvalue weighted by atomic mass is 10.2. The number of benzene rings is 2. The molecule has 0 aliphatic carbocycles. The number of fused-ring (bicyclic) bond motifs is 2. The van der Waals surface area contributed by atoms with Crippen molar-refractivity contribution in [3.63, 3.8) is 0 Å². The van der Waals surface area contributed by atoms with Crippen molar-refractivity contribution in [1.29, 1.82) is 0 Å². The second kappa shape index (κ2) is 5.49. The number of aromatic nitrogens is 3. The Kier molecular flexibility index (Phi) is 3.14. The van der Waals surface area contributed by atoms with Crippen molar-refractivity contribution in [3.05, 3.63) is 47.8 Å². The van der Waals surface area contributed by atoms with Crippen LogP contribution in [0.2, 0.25) is 0 Å². The monoisotopic (exact) mass is 351 g/mol. The van der Waals surface area contributed by atoms with Crippen molar-refractivity contribution in [2.45, 2.75) is 0 Å². The molecule has 0 unspecified atom stereocenters. The summed E-state index contributed by atoms with van der Waals surface area (Å²) in [5, 5.41) is 6.73. The standard InChI is InChI=1S/C18H13N3O3S/c1-22-13-5-2-11(3-6-13)14-9-25-18-19-17(20-21(14)18)12-4-7-15-16(8-12)24-10-23-15/h2-9H,10H2,1H3. The number of thiazole rings is 1. The predicted molar refractivity (Wildman–Crippen MR) is 94.4 cm³/mol. The number of nitrogens with zero attached hydrogens (tertiary/aromatic N) is 3. The number of ether oxygens (including phenoxy) is 3. The predicted octanol–water partition coefficient (Wildman–Crippen LogP) is 3.86. The molecule has 1 aliphatic rings. The summed E-state index contributed by atoms with van der Waals surface area (Å²) < 4.78 is 17.9. The number of hydrogen-bond donors (Lipinski definition) is 0. The Morgan fingerprint density at radius 2 is 1.84 bits per heavy atom. The molecule has 0 radical (unpaired) electrons. The summed E-state index contributed by atoms with van der Waals surface area (Å²) in [6.45, 7) is 0.256. The fourth-order valence-corrected chi connectivity index (χ4v) is 3.63. The normalized spacial score (nSPS) is 12.7. The van der Waals surface area contributed by atoms with Crippen molar-refractivity contribution in [1.82, 2.24) is 14.6 Å². The molecule has 3 heterocycles. The van der Waals surface area contributed by atoms with Crippen molar-refractivity contribution < 1.29 is 14.2 Å². The average molecular weight is 351 g/mol. The summed E-state index contributed by atoms with van der Waals surface area (Å²) in [6.07, 6.45) is 0. The first-order valence-electron chi connectivity index (χ1n) is 7.70. The molecule has 6 nitrogen and oxygen atoms in total. The molecule has 0 amide bonds. The van der Waals surface area contributed by atoms with Gasteiger partial charge in [-0.2, -0.15) is 4.98 Å². The summed E-state index contributed by atoms with van der Waals surface area (Å²) in [5.41, 5.74) is 2.97. The van der Waals surface area contributed by atoms with Crippen molar-refractivity contribution in [2.75, 3.05) is 13.9 Å². The van der Waals surface area contributed by atoms with Gasteiger partial charge in [0.05, 0.1) is 12.8 Å². The molecule has 25 heavy (non-hydrogen) atoms. The molecule has 0 saturated carbocycles. The van der Waals surface area contributed by atoms with Crippen LogP contribution in [0.5, 0.6) is 17.2 Å². The van der Waals surface area contributed by atoms with Gasteiger partial charge >= 0.3 is 0 Å². The van der Waals surface area contributed by atoms with Crippen LogP contribution in [0.4, 0.5) is 0 Å². The highest BCUT2D eigenvalue weighted by molar-refractivity contribution is 7.15. The van der Waals surface area contributed by atoms with Crippen LogP contribution in [-0.2, 0) is 0 Å². The zero-order valence-corrected chi connectivity index (χ0v) is 14.1. The van der Waals surface area contributed by atoms with Gasteiger partial charge in [-0.1, -0.05) is 0 Å². The fourth-order valence-electron chi connectivity index (χ4n) is 2.80. The number of methoxy groups -OCH3 is 1. The van der Waals surface area contributed by atoms with Gasteiger partial charge in [-0.15, -0.1) is 16.4 Å². The summed E-state index contributed by atoms with van der Waals surface area (Å²) in [6, 6.07) is 13.7. The van der Waals surface area contributed by atoms with Crippen LogP contribution in [0.15, 0.2) is 47.8 Å². The van der Waals surface area contributed by atoms with Gasteiger partial charge in [0.1, 0.15) is 5.75 Å². The highest BCUT2D eigenvalue weighted by Gasteiger charge is 2.17. The summed E-state index contributed by atoms with van der Waals surface area (Å²) in [7, 11) is 1.66. The molecule has 0 atom stereocenters. The SMILES string of the molecule is COc1ccc(-c2csc3nc(-c4ccc5c(c4)OCO5)nn23)cc1. The van der Waals surface area contributed by atoms with Gasteiger partial charge in [0.2, 0.25) is 11.8 Å².